The first kappa shape index (κ1) is 18.6. The molecule has 0 radical (unpaired) electrons. The van der Waals surface area contributed by atoms with Crippen LogP contribution in [0.1, 0.15) is 25.3 Å². The van der Waals surface area contributed by atoms with E-state index in [1.165, 1.54) is 11.3 Å². The third-order valence-electron chi connectivity index (χ3n) is 4.56. The SMILES string of the molecule is Cc1ccc(N2CCCN(C(=O)NC(C)CCN(C)C)CC2)cc1. The Bertz CT molecular complexity index is 515. The van der Waals surface area contributed by atoms with Gasteiger partial charge in [0.05, 0.1) is 0 Å². The maximum absolute atomic E-state index is 12.5. The molecule has 1 fully saturated rings. The summed E-state index contributed by atoms with van der Waals surface area (Å²) in [6, 6.07) is 8.93. The Labute approximate surface area is 146 Å². The van der Waals surface area contributed by atoms with Crippen molar-refractivity contribution >= 4 is 11.7 Å². The second-order valence-electron chi connectivity index (χ2n) is 7.11. The van der Waals surface area contributed by atoms with E-state index in [2.05, 4.69) is 67.3 Å². The molecule has 1 heterocycles. The quantitative estimate of drug-likeness (QED) is 0.901. The zero-order chi connectivity index (χ0) is 17.5. The number of anilines is 1. The van der Waals surface area contributed by atoms with Gasteiger partial charge in [-0.25, -0.2) is 4.79 Å². The lowest BCUT2D eigenvalue weighted by molar-refractivity contribution is 0.196. The number of nitrogens with one attached hydrogen (secondary N) is 1. The van der Waals surface area contributed by atoms with E-state index in [0.717, 1.165) is 45.6 Å². The molecule has 0 saturated carbocycles. The van der Waals surface area contributed by atoms with Crippen molar-refractivity contribution in [2.75, 3.05) is 51.7 Å². The minimum absolute atomic E-state index is 0.0759. The van der Waals surface area contributed by atoms with Gasteiger partial charge in [-0.15, -0.1) is 0 Å². The average molecular weight is 332 g/mol. The highest BCUT2D eigenvalue weighted by molar-refractivity contribution is 5.74. The number of hydrogen-bond donors (Lipinski definition) is 1. The van der Waals surface area contributed by atoms with Gasteiger partial charge in [0.25, 0.3) is 0 Å². The van der Waals surface area contributed by atoms with E-state index in [1.54, 1.807) is 0 Å². The summed E-state index contributed by atoms with van der Waals surface area (Å²) in [5.41, 5.74) is 2.53. The molecule has 2 rings (SSSR count). The Morgan fingerprint density at radius 1 is 1.17 bits per heavy atom. The van der Waals surface area contributed by atoms with E-state index in [0.29, 0.717) is 0 Å². The number of amides is 2. The van der Waals surface area contributed by atoms with Crippen LogP contribution in [0.2, 0.25) is 0 Å². The highest BCUT2D eigenvalue weighted by Crippen LogP contribution is 2.17. The number of rotatable bonds is 5. The summed E-state index contributed by atoms with van der Waals surface area (Å²) in [7, 11) is 4.12. The number of carbonyl (C=O) groups is 1. The second kappa shape index (κ2) is 8.92. The summed E-state index contributed by atoms with van der Waals surface area (Å²) >= 11 is 0. The van der Waals surface area contributed by atoms with Crippen molar-refractivity contribution < 1.29 is 4.79 Å². The van der Waals surface area contributed by atoms with Crippen LogP contribution < -0.4 is 10.2 Å². The van der Waals surface area contributed by atoms with Crippen molar-refractivity contribution in [3.05, 3.63) is 29.8 Å². The van der Waals surface area contributed by atoms with Gasteiger partial charge in [0.1, 0.15) is 0 Å². The number of urea groups is 1. The van der Waals surface area contributed by atoms with Crippen molar-refractivity contribution in [2.24, 2.45) is 0 Å². The molecule has 1 atom stereocenters. The summed E-state index contributed by atoms with van der Waals surface area (Å²) in [6.45, 7) is 8.68. The molecule has 1 aliphatic rings. The third kappa shape index (κ3) is 5.71. The van der Waals surface area contributed by atoms with Gasteiger partial charge in [-0.05, 0) is 59.5 Å². The molecule has 0 bridgehead atoms. The molecule has 1 N–H and O–H groups in total. The monoisotopic (exact) mass is 332 g/mol. The van der Waals surface area contributed by atoms with Crippen molar-refractivity contribution in [1.82, 2.24) is 15.1 Å². The highest BCUT2D eigenvalue weighted by Gasteiger charge is 2.20. The van der Waals surface area contributed by atoms with Gasteiger partial charge in [0, 0.05) is 37.9 Å². The van der Waals surface area contributed by atoms with E-state index in [1.807, 2.05) is 4.90 Å². The van der Waals surface area contributed by atoms with E-state index in [9.17, 15) is 4.79 Å². The zero-order valence-electron chi connectivity index (χ0n) is 15.6. The number of aryl methyl sites for hydroxylation is 1. The Morgan fingerprint density at radius 2 is 1.88 bits per heavy atom. The molecule has 5 heteroatoms. The standard InChI is InChI=1S/C19H32N4O/c1-16-6-8-18(9-7-16)22-11-5-12-23(15-14-22)19(24)20-17(2)10-13-21(3)4/h6-9,17H,5,10-15H2,1-4H3,(H,20,24). The van der Waals surface area contributed by atoms with Crippen molar-refractivity contribution in [2.45, 2.75) is 32.7 Å². The fraction of sp³-hybridized carbons (Fsp3) is 0.632. The number of carbonyl (C=O) groups excluding carboxylic acids is 1. The maximum Gasteiger partial charge on any atom is 0.317 e. The van der Waals surface area contributed by atoms with Crippen LogP contribution in [-0.2, 0) is 0 Å². The first-order valence-electron chi connectivity index (χ1n) is 8.97. The summed E-state index contributed by atoms with van der Waals surface area (Å²) in [6.07, 6.45) is 1.98. The summed E-state index contributed by atoms with van der Waals surface area (Å²) in [5.74, 6) is 0. The fourth-order valence-corrected chi connectivity index (χ4v) is 2.96. The first-order chi connectivity index (χ1) is 11.5. The lowest BCUT2D eigenvalue weighted by Gasteiger charge is -2.25. The summed E-state index contributed by atoms with van der Waals surface area (Å²) in [5, 5.41) is 3.14. The zero-order valence-corrected chi connectivity index (χ0v) is 15.6. The van der Waals surface area contributed by atoms with Crippen LogP contribution in [0.25, 0.3) is 0 Å². The molecule has 0 aliphatic carbocycles. The normalized spacial score (nSPS) is 16.9. The van der Waals surface area contributed by atoms with E-state index in [4.69, 9.17) is 0 Å². The van der Waals surface area contributed by atoms with Crippen LogP contribution in [0.5, 0.6) is 0 Å². The van der Waals surface area contributed by atoms with E-state index >= 15 is 0 Å². The summed E-state index contributed by atoms with van der Waals surface area (Å²) < 4.78 is 0. The van der Waals surface area contributed by atoms with Gasteiger partial charge < -0.3 is 20.0 Å². The minimum atomic E-state index is 0.0759. The third-order valence-corrected chi connectivity index (χ3v) is 4.56. The molecule has 1 aliphatic heterocycles. The minimum Gasteiger partial charge on any atom is -0.370 e. The lowest BCUT2D eigenvalue weighted by atomic mass is 10.2. The maximum atomic E-state index is 12.5. The van der Waals surface area contributed by atoms with Gasteiger partial charge in [-0.3, -0.25) is 0 Å². The van der Waals surface area contributed by atoms with Crippen LogP contribution in [0.3, 0.4) is 0 Å². The van der Waals surface area contributed by atoms with E-state index < -0.39 is 0 Å². The van der Waals surface area contributed by atoms with Gasteiger partial charge in [0.15, 0.2) is 0 Å². The van der Waals surface area contributed by atoms with E-state index in [-0.39, 0.29) is 12.1 Å². The van der Waals surface area contributed by atoms with Crippen LogP contribution in [0.4, 0.5) is 10.5 Å². The molecule has 24 heavy (non-hydrogen) atoms. The molecule has 1 aromatic carbocycles. The Hall–Kier alpha value is -1.75. The van der Waals surface area contributed by atoms with Crippen molar-refractivity contribution in [3.8, 4) is 0 Å². The van der Waals surface area contributed by atoms with Crippen LogP contribution in [0, 0.1) is 6.92 Å². The first-order valence-corrected chi connectivity index (χ1v) is 8.97. The molecular weight excluding hydrogens is 300 g/mol. The van der Waals surface area contributed by atoms with Crippen LogP contribution >= 0.6 is 0 Å². The highest BCUT2D eigenvalue weighted by atomic mass is 16.2. The van der Waals surface area contributed by atoms with Gasteiger partial charge in [-0.2, -0.15) is 0 Å². The number of hydrogen-bond acceptors (Lipinski definition) is 3. The number of nitrogens with zero attached hydrogens (tertiary/aromatic N) is 3. The van der Waals surface area contributed by atoms with Crippen LogP contribution in [0.15, 0.2) is 24.3 Å². The van der Waals surface area contributed by atoms with Gasteiger partial charge in [0.2, 0.25) is 0 Å². The topological polar surface area (TPSA) is 38.8 Å². The smallest absolute Gasteiger partial charge is 0.317 e. The summed E-state index contributed by atoms with van der Waals surface area (Å²) in [4.78, 5) is 19.0. The molecule has 0 aromatic heterocycles. The largest absolute Gasteiger partial charge is 0.370 e. The van der Waals surface area contributed by atoms with Gasteiger partial charge >= 0.3 is 6.03 Å². The van der Waals surface area contributed by atoms with Crippen LogP contribution in [-0.4, -0.2) is 68.7 Å². The van der Waals surface area contributed by atoms with Crippen molar-refractivity contribution in [1.29, 1.82) is 0 Å². The van der Waals surface area contributed by atoms with Gasteiger partial charge in [-0.1, -0.05) is 17.7 Å². The average Bonchev–Trinajstić information content (AvgIpc) is 2.80. The molecule has 1 unspecified atom stereocenters. The predicted octanol–water partition coefficient (Wildman–Crippen LogP) is 2.56. The Balaban J connectivity index is 1.83. The fourth-order valence-electron chi connectivity index (χ4n) is 2.96. The molecule has 5 nitrogen and oxygen atoms in total. The second-order valence-corrected chi connectivity index (χ2v) is 7.11. The Morgan fingerprint density at radius 3 is 2.54 bits per heavy atom. The Kier molecular flexibility index (Phi) is 6.91. The van der Waals surface area contributed by atoms with Crippen molar-refractivity contribution in [3.63, 3.8) is 0 Å². The molecular formula is C19H32N4O. The molecule has 2 amide bonds. The molecule has 1 saturated heterocycles. The lowest BCUT2D eigenvalue weighted by Crippen LogP contribution is -2.46. The predicted molar refractivity (Wildman–Crippen MR) is 101 cm³/mol. The number of benzene rings is 1. The molecule has 0 spiro atoms. The molecule has 134 valence electrons. The molecule has 1 aromatic rings.